The zero-order valence-corrected chi connectivity index (χ0v) is 15.4. The maximum absolute atomic E-state index is 11.8. The van der Waals surface area contributed by atoms with E-state index in [-0.39, 0.29) is 11.8 Å². The number of quaternary nitrogens is 1. The second kappa shape index (κ2) is 7.93. The van der Waals surface area contributed by atoms with Crippen molar-refractivity contribution in [2.75, 3.05) is 38.7 Å². The molecule has 0 aromatic carbocycles. The lowest BCUT2D eigenvalue weighted by molar-refractivity contribution is -0.857. The second-order valence-electron chi connectivity index (χ2n) is 6.99. The van der Waals surface area contributed by atoms with Gasteiger partial charge in [0, 0.05) is 12.1 Å². The number of nitrogens with one attached hydrogen (secondary N) is 2. The van der Waals surface area contributed by atoms with Gasteiger partial charge in [-0.15, -0.1) is 0 Å². The Morgan fingerprint density at radius 2 is 1.91 bits per heavy atom. The fourth-order valence-electron chi connectivity index (χ4n) is 3.32. The van der Waals surface area contributed by atoms with Crippen LogP contribution >= 0.6 is 12.2 Å². The highest BCUT2D eigenvalue weighted by molar-refractivity contribution is 7.91. The second-order valence-corrected chi connectivity index (χ2v) is 9.61. The quantitative estimate of drug-likeness (QED) is 0.676. The Hall–Kier alpha value is -0.400. The van der Waals surface area contributed by atoms with E-state index in [0.717, 1.165) is 18.2 Å². The predicted octanol–water partition coefficient (Wildman–Crippen LogP) is -0.173. The first kappa shape index (κ1) is 17.9. The van der Waals surface area contributed by atoms with Crippen molar-refractivity contribution in [3.8, 4) is 0 Å². The molecule has 2 aliphatic rings. The normalized spacial score (nSPS) is 25.3. The van der Waals surface area contributed by atoms with Gasteiger partial charge in [-0.25, -0.2) is 8.42 Å². The van der Waals surface area contributed by atoms with Crippen molar-refractivity contribution in [3.63, 3.8) is 0 Å². The highest BCUT2D eigenvalue weighted by Crippen LogP contribution is 2.20. The molecular weight excluding hydrogens is 318 g/mol. The largest absolute Gasteiger partial charge is 0.360 e. The van der Waals surface area contributed by atoms with Crippen LogP contribution in [0.25, 0.3) is 0 Å². The van der Waals surface area contributed by atoms with E-state index in [4.69, 9.17) is 12.2 Å². The first-order valence-corrected chi connectivity index (χ1v) is 10.7. The highest BCUT2D eigenvalue weighted by Gasteiger charge is 2.34. The molecule has 0 amide bonds. The number of rotatable bonds is 5. The molecule has 1 saturated carbocycles. The number of hydrogen-bond donors (Lipinski definition) is 2. The van der Waals surface area contributed by atoms with E-state index in [1.54, 1.807) is 0 Å². The molecule has 0 radical (unpaired) electrons. The maximum atomic E-state index is 11.8. The molecule has 0 aromatic rings. The van der Waals surface area contributed by atoms with Crippen LogP contribution < -0.4 is 10.2 Å². The van der Waals surface area contributed by atoms with Crippen LogP contribution in [0.1, 0.15) is 38.5 Å². The van der Waals surface area contributed by atoms with Gasteiger partial charge in [-0.1, -0.05) is 19.3 Å². The van der Waals surface area contributed by atoms with Gasteiger partial charge in [0.15, 0.2) is 14.9 Å². The summed E-state index contributed by atoms with van der Waals surface area (Å²) in [6.07, 6.45) is 6.91. The first-order chi connectivity index (χ1) is 10.4. The van der Waals surface area contributed by atoms with Gasteiger partial charge < -0.3 is 15.1 Å². The van der Waals surface area contributed by atoms with Gasteiger partial charge in [0.1, 0.15) is 0 Å². The van der Waals surface area contributed by atoms with Crippen LogP contribution in [0.2, 0.25) is 0 Å². The minimum Gasteiger partial charge on any atom is -0.360 e. The van der Waals surface area contributed by atoms with Crippen LogP contribution in [0.15, 0.2) is 0 Å². The Morgan fingerprint density at radius 3 is 2.45 bits per heavy atom. The monoisotopic (exact) mass is 348 g/mol. The summed E-state index contributed by atoms with van der Waals surface area (Å²) in [6.45, 7) is 1.78. The summed E-state index contributed by atoms with van der Waals surface area (Å²) in [5, 5.41) is 4.26. The third-order valence-electron chi connectivity index (χ3n) is 4.70. The van der Waals surface area contributed by atoms with Crippen molar-refractivity contribution in [1.82, 2.24) is 10.2 Å². The van der Waals surface area contributed by atoms with E-state index in [0.29, 0.717) is 18.2 Å². The lowest BCUT2D eigenvalue weighted by atomic mass is 9.96. The summed E-state index contributed by atoms with van der Waals surface area (Å²) < 4.78 is 23.6. The summed E-state index contributed by atoms with van der Waals surface area (Å²) >= 11 is 5.63. The zero-order valence-electron chi connectivity index (χ0n) is 13.8. The van der Waals surface area contributed by atoms with Gasteiger partial charge in [0.2, 0.25) is 0 Å². The molecule has 0 aromatic heterocycles. The lowest BCUT2D eigenvalue weighted by Crippen LogP contribution is -3.06. The van der Waals surface area contributed by atoms with Gasteiger partial charge in [-0.2, -0.15) is 0 Å². The first-order valence-electron chi connectivity index (χ1n) is 8.44. The van der Waals surface area contributed by atoms with Gasteiger partial charge in [0.05, 0.1) is 38.7 Å². The molecule has 2 fully saturated rings. The van der Waals surface area contributed by atoms with E-state index < -0.39 is 9.84 Å². The summed E-state index contributed by atoms with van der Waals surface area (Å²) in [5.74, 6) is 0.553. The lowest BCUT2D eigenvalue weighted by Gasteiger charge is -2.34. The van der Waals surface area contributed by atoms with Crippen molar-refractivity contribution >= 4 is 27.2 Å². The summed E-state index contributed by atoms with van der Waals surface area (Å²) in [6, 6.07) is 0.515. The van der Waals surface area contributed by atoms with E-state index >= 15 is 0 Å². The zero-order chi connectivity index (χ0) is 16.2. The molecule has 5 nitrogen and oxygen atoms in total. The number of thiocarbonyl (C=S) groups is 1. The van der Waals surface area contributed by atoms with E-state index in [9.17, 15) is 8.42 Å². The van der Waals surface area contributed by atoms with E-state index in [2.05, 4.69) is 24.3 Å². The molecule has 1 saturated heterocycles. The molecule has 2 rings (SSSR count). The summed E-state index contributed by atoms with van der Waals surface area (Å²) in [5.41, 5.74) is 0. The van der Waals surface area contributed by atoms with Crippen LogP contribution in [-0.2, 0) is 9.84 Å². The molecular formula is C15H30N3O2S2+. The molecule has 1 aliphatic carbocycles. The molecule has 0 unspecified atom stereocenters. The van der Waals surface area contributed by atoms with Crippen LogP contribution in [-0.4, -0.2) is 69.2 Å². The molecule has 22 heavy (non-hydrogen) atoms. The maximum Gasteiger partial charge on any atom is 0.169 e. The van der Waals surface area contributed by atoms with Crippen LogP contribution in [0.5, 0.6) is 0 Å². The average Bonchev–Trinajstić information content (AvgIpc) is 2.80. The van der Waals surface area contributed by atoms with Gasteiger partial charge in [0.25, 0.3) is 0 Å². The van der Waals surface area contributed by atoms with E-state index in [1.165, 1.54) is 37.0 Å². The van der Waals surface area contributed by atoms with Crippen LogP contribution in [0, 0.1) is 0 Å². The van der Waals surface area contributed by atoms with Crippen molar-refractivity contribution < 1.29 is 13.3 Å². The Balaban J connectivity index is 1.97. The molecule has 128 valence electrons. The highest BCUT2D eigenvalue weighted by atomic mass is 32.2. The number of hydrogen-bond acceptors (Lipinski definition) is 3. The average molecular weight is 349 g/mol. The predicted molar refractivity (Wildman–Crippen MR) is 94.0 cm³/mol. The number of likely N-dealkylation sites (N-methyl/N-ethyl adjacent to an activating group) is 1. The van der Waals surface area contributed by atoms with Crippen LogP contribution in [0.4, 0.5) is 0 Å². The summed E-state index contributed by atoms with van der Waals surface area (Å²) in [4.78, 5) is 3.49. The third kappa shape index (κ3) is 5.35. The number of nitrogens with zero attached hydrogens (tertiary/aromatic N) is 1. The Morgan fingerprint density at radius 1 is 1.23 bits per heavy atom. The molecule has 0 bridgehead atoms. The molecule has 1 atom stereocenters. The van der Waals surface area contributed by atoms with Crippen molar-refractivity contribution in [2.45, 2.75) is 50.6 Å². The van der Waals surface area contributed by atoms with E-state index in [1.807, 2.05) is 0 Å². The van der Waals surface area contributed by atoms with Crippen molar-refractivity contribution in [2.24, 2.45) is 0 Å². The van der Waals surface area contributed by atoms with Gasteiger partial charge in [-0.3, -0.25) is 0 Å². The van der Waals surface area contributed by atoms with Crippen molar-refractivity contribution in [3.05, 3.63) is 0 Å². The SMILES string of the molecule is C[NH+](C)CCN(C(=S)NC1CCCCC1)[C@H]1CCS(=O)(=O)C1. The standard InChI is InChI=1S/C15H29N3O2S2/c1-17(2)9-10-18(14-8-11-22(19,20)12-14)15(21)16-13-6-4-3-5-7-13/h13-14H,3-12H2,1-2H3,(H,16,21)/p+1/t14-/m0/s1. The Labute approximate surface area is 140 Å². The van der Waals surface area contributed by atoms with Crippen molar-refractivity contribution in [1.29, 1.82) is 0 Å². The molecule has 0 spiro atoms. The topological polar surface area (TPSA) is 53.9 Å². The van der Waals surface area contributed by atoms with Gasteiger partial charge >= 0.3 is 0 Å². The minimum atomic E-state index is -2.88. The van der Waals surface area contributed by atoms with Crippen LogP contribution in [0.3, 0.4) is 0 Å². The fourth-order valence-corrected chi connectivity index (χ4v) is 5.46. The molecule has 1 aliphatic heterocycles. The smallest absolute Gasteiger partial charge is 0.169 e. The molecule has 1 heterocycles. The summed E-state index contributed by atoms with van der Waals surface area (Å²) in [7, 11) is 1.34. The number of sulfone groups is 1. The Kier molecular flexibility index (Phi) is 6.46. The molecule has 7 heteroatoms. The fraction of sp³-hybridized carbons (Fsp3) is 0.933. The van der Waals surface area contributed by atoms with Gasteiger partial charge in [-0.05, 0) is 31.5 Å². The third-order valence-corrected chi connectivity index (χ3v) is 6.80. The minimum absolute atomic E-state index is 0.0490. The Bertz CT molecular complexity index is 473. The molecule has 2 N–H and O–H groups in total.